The summed E-state index contributed by atoms with van der Waals surface area (Å²) in [5, 5.41) is 10.2. The predicted molar refractivity (Wildman–Crippen MR) is 79.6 cm³/mol. The first-order chi connectivity index (χ1) is 9.13. The first-order valence-corrected chi connectivity index (χ1v) is 7.20. The van der Waals surface area contributed by atoms with Gasteiger partial charge in [-0.2, -0.15) is 0 Å². The summed E-state index contributed by atoms with van der Waals surface area (Å²) in [5.41, 5.74) is 0. The van der Waals surface area contributed by atoms with Gasteiger partial charge < -0.3 is 16.0 Å². The molecule has 0 bridgehead atoms. The highest BCUT2D eigenvalue weighted by molar-refractivity contribution is 5.47. The molecule has 0 amide bonds. The highest BCUT2D eigenvalue weighted by atomic mass is 15.1. The normalized spacial score (nSPS) is 18.8. The van der Waals surface area contributed by atoms with Crippen molar-refractivity contribution < 1.29 is 0 Å². The fourth-order valence-electron chi connectivity index (χ4n) is 2.22. The van der Waals surface area contributed by atoms with Gasteiger partial charge >= 0.3 is 0 Å². The molecule has 0 saturated carbocycles. The van der Waals surface area contributed by atoms with E-state index in [1.807, 2.05) is 13.0 Å². The molecule has 0 aliphatic carbocycles. The Kier molecular flexibility index (Phi) is 4.96. The van der Waals surface area contributed by atoms with Gasteiger partial charge in [0.25, 0.3) is 0 Å². The van der Waals surface area contributed by atoms with Crippen LogP contribution in [0.4, 0.5) is 11.6 Å². The van der Waals surface area contributed by atoms with Crippen molar-refractivity contribution in [2.24, 2.45) is 5.92 Å². The van der Waals surface area contributed by atoms with Crippen molar-refractivity contribution in [3.8, 4) is 0 Å². The zero-order valence-corrected chi connectivity index (χ0v) is 12.2. The van der Waals surface area contributed by atoms with Gasteiger partial charge in [-0.3, -0.25) is 0 Å². The van der Waals surface area contributed by atoms with E-state index in [1.165, 1.54) is 12.8 Å². The van der Waals surface area contributed by atoms with Crippen LogP contribution in [0.25, 0.3) is 0 Å². The van der Waals surface area contributed by atoms with Crippen molar-refractivity contribution in [2.45, 2.75) is 39.7 Å². The summed E-state index contributed by atoms with van der Waals surface area (Å²) in [6, 6.07) is 2.56. The van der Waals surface area contributed by atoms with Crippen LogP contribution in [0, 0.1) is 12.8 Å². The molecule has 5 heteroatoms. The van der Waals surface area contributed by atoms with Crippen molar-refractivity contribution in [2.75, 3.05) is 30.3 Å². The number of aryl methyl sites for hydroxylation is 1. The summed E-state index contributed by atoms with van der Waals surface area (Å²) in [5.74, 6) is 3.22. The zero-order valence-electron chi connectivity index (χ0n) is 12.2. The van der Waals surface area contributed by atoms with Gasteiger partial charge in [0, 0.05) is 25.2 Å². The van der Waals surface area contributed by atoms with E-state index in [0.29, 0.717) is 12.0 Å². The molecule has 1 aromatic heterocycles. The second-order valence-corrected chi connectivity index (χ2v) is 5.63. The number of nitrogens with one attached hydrogen (secondary N) is 3. The SMILES string of the molecule is Cc1nc(NCC(C)C)cc(NCC2CCCN2)n1. The lowest BCUT2D eigenvalue weighted by atomic mass is 10.2. The number of nitrogens with zero attached hydrogens (tertiary/aromatic N) is 2. The molecule has 2 rings (SSSR count). The lowest BCUT2D eigenvalue weighted by Crippen LogP contribution is -2.29. The molecule has 106 valence electrons. The van der Waals surface area contributed by atoms with Gasteiger partial charge in [0.2, 0.25) is 0 Å². The Hall–Kier alpha value is -1.36. The number of aromatic nitrogens is 2. The summed E-state index contributed by atoms with van der Waals surface area (Å²) in [4.78, 5) is 8.84. The van der Waals surface area contributed by atoms with Gasteiger partial charge in [-0.05, 0) is 32.2 Å². The van der Waals surface area contributed by atoms with E-state index in [0.717, 1.165) is 37.1 Å². The predicted octanol–water partition coefficient (Wildman–Crippen LogP) is 2.02. The average Bonchev–Trinajstić information content (AvgIpc) is 2.86. The van der Waals surface area contributed by atoms with E-state index < -0.39 is 0 Å². The highest BCUT2D eigenvalue weighted by Gasteiger charge is 2.13. The summed E-state index contributed by atoms with van der Waals surface area (Å²) >= 11 is 0. The molecule has 1 unspecified atom stereocenters. The maximum absolute atomic E-state index is 4.43. The minimum atomic E-state index is 0.572. The summed E-state index contributed by atoms with van der Waals surface area (Å²) in [7, 11) is 0. The molecule has 1 fully saturated rings. The molecule has 0 spiro atoms. The van der Waals surface area contributed by atoms with Gasteiger partial charge in [-0.25, -0.2) is 9.97 Å². The highest BCUT2D eigenvalue weighted by Crippen LogP contribution is 2.13. The van der Waals surface area contributed by atoms with Crippen molar-refractivity contribution in [3.63, 3.8) is 0 Å². The fraction of sp³-hybridized carbons (Fsp3) is 0.714. The molecule has 5 nitrogen and oxygen atoms in total. The number of hydrogen-bond acceptors (Lipinski definition) is 5. The zero-order chi connectivity index (χ0) is 13.7. The number of anilines is 2. The first kappa shape index (κ1) is 14.1. The lowest BCUT2D eigenvalue weighted by Gasteiger charge is -2.14. The van der Waals surface area contributed by atoms with Crippen LogP contribution in [0.1, 0.15) is 32.5 Å². The molecule has 1 aliphatic rings. The van der Waals surface area contributed by atoms with Crippen LogP contribution >= 0.6 is 0 Å². The molecular weight excluding hydrogens is 238 g/mol. The van der Waals surface area contributed by atoms with Gasteiger partial charge in [0.05, 0.1) is 0 Å². The van der Waals surface area contributed by atoms with Crippen LogP contribution in [0.2, 0.25) is 0 Å². The number of hydrogen-bond donors (Lipinski definition) is 3. The van der Waals surface area contributed by atoms with E-state index in [9.17, 15) is 0 Å². The number of rotatable bonds is 6. The Morgan fingerprint density at radius 1 is 1.32 bits per heavy atom. The van der Waals surface area contributed by atoms with Crippen molar-refractivity contribution in [3.05, 3.63) is 11.9 Å². The van der Waals surface area contributed by atoms with Crippen LogP contribution in [0.5, 0.6) is 0 Å². The van der Waals surface area contributed by atoms with Crippen LogP contribution in [-0.4, -0.2) is 35.6 Å². The second-order valence-electron chi connectivity index (χ2n) is 5.63. The van der Waals surface area contributed by atoms with E-state index in [1.54, 1.807) is 0 Å². The topological polar surface area (TPSA) is 61.9 Å². The van der Waals surface area contributed by atoms with E-state index in [-0.39, 0.29) is 0 Å². The minimum Gasteiger partial charge on any atom is -0.370 e. The molecule has 1 atom stereocenters. The van der Waals surface area contributed by atoms with Crippen molar-refractivity contribution in [1.82, 2.24) is 15.3 Å². The van der Waals surface area contributed by atoms with Crippen LogP contribution in [-0.2, 0) is 0 Å². The Bertz CT molecular complexity index is 399. The molecule has 2 heterocycles. The molecule has 0 radical (unpaired) electrons. The summed E-state index contributed by atoms with van der Waals surface area (Å²) in [6.07, 6.45) is 2.52. The smallest absolute Gasteiger partial charge is 0.131 e. The lowest BCUT2D eigenvalue weighted by molar-refractivity contribution is 0.632. The van der Waals surface area contributed by atoms with E-state index >= 15 is 0 Å². The Morgan fingerprint density at radius 2 is 2.05 bits per heavy atom. The third-order valence-electron chi connectivity index (χ3n) is 3.22. The van der Waals surface area contributed by atoms with Gasteiger partial charge in [-0.15, -0.1) is 0 Å². The third kappa shape index (κ3) is 4.67. The van der Waals surface area contributed by atoms with Gasteiger partial charge in [-0.1, -0.05) is 13.8 Å². The summed E-state index contributed by atoms with van der Waals surface area (Å²) < 4.78 is 0. The van der Waals surface area contributed by atoms with E-state index in [4.69, 9.17) is 0 Å². The maximum atomic E-state index is 4.43. The van der Waals surface area contributed by atoms with Crippen LogP contribution in [0.3, 0.4) is 0 Å². The molecule has 0 aromatic carbocycles. The molecule has 1 saturated heterocycles. The maximum Gasteiger partial charge on any atom is 0.131 e. The first-order valence-electron chi connectivity index (χ1n) is 7.20. The van der Waals surface area contributed by atoms with E-state index in [2.05, 4.69) is 39.8 Å². The van der Waals surface area contributed by atoms with Crippen LogP contribution in [0.15, 0.2) is 6.07 Å². The fourth-order valence-corrected chi connectivity index (χ4v) is 2.22. The molecule has 1 aromatic rings. The minimum absolute atomic E-state index is 0.572. The Labute approximate surface area is 115 Å². The quantitative estimate of drug-likeness (QED) is 0.733. The van der Waals surface area contributed by atoms with Gasteiger partial charge in [0.15, 0.2) is 0 Å². The Morgan fingerprint density at radius 3 is 2.68 bits per heavy atom. The molecular formula is C14H25N5. The molecule has 19 heavy (non-hydrogen) atoms. The standard InChI is InChI=1S/C14H25N5/c1-10(2)8-16-13-7-14(19-11(3)18-13)17-9-12-5-4-6-15-12/h7,10,12,15H,4-6,8-9H2,1-3H3,(H2,16,17,18,19). The van der Waals surface area contributed by atoms with Crippen molar-refractivity contribution >= 4 is 11.6 Å². The van der Waals surface area contributed by atoms with Crippen molar-refractivity contribution in [1.29, 1.82) is 0 Å². The Balaban J connectivity index is 1.91. The largest absolute Gasteiger partial charge is 0.370 e. The van der Waals surface area contributed by atoms with Gasteiger partial charge in [0.1, 0.15) is 17.5 Å². The molecule has 3 N–H and O–H groups in total. The average molecular weight is 263 g/mol. The summed E-state index contributed by atoms with van der Waals surface area (Å²) in [6.45, 7) is 9.30. The second kappa shape index (κ2) is 6.70. The third-order valence-corrected chi connectivity index (χ3v) is 3.22. The van der Waals surface area contributed by atoms with Crippen LogP contribution < -0.4 is 16.0 Å². The monoisotopic (exact) mass is 263 g/mol. The molecule has 1 aliphatic heterocycles.